The summed E-state index contributed by atoms with van der Waals surface area (Å²) in [6, 6.07) is 14.6. The minimum absolute atomic E-state index is 0. The summed E-state index contributed by atoms with van der Waals surface area (Å²) in [5, 5.41) is 11.7. The largest absolute Gasteiger partial charge is 0.464 e. The number of hydrogen-bond donors (Lipinski definition) is 0. The highest BCUT2D eigenvalue weighted by Crippen LogP contribution is 2.21. The Morgan fingerprint density at radius 2 is 1.92 bits per heavy atom. The van der Waals surface area contributed by atoms with E-state index in [1.807, 2.05) is 37.4 Å². The second-order valence-corrected chi connectivity index (χ2v) is 5.70. The van der Waals surface area contributed by atoms with Gasteiger partial charge in [0.15, 0.2) is 0 Å². The summed E-state index contributed by atoms with van der Waals surface area (Å²) in [4.78, 5) is 12.4. The number of rotatable bonds is 6. The van der Waals surface area contributed by atoms with Gasteiger partial charge >= 0.3 is 0 Å². The number of fused-ring (bicyclic) bond motifs is 1. The minimum atomic E-state index is -0.392. The van der Waals surface area contributed by atoms with Crippen LogP contribution in [0.15, 0.2) is 65.3 Å². The smallest absolute Gasteiger partial charge is 0.269 e. The quantitative estimate of drug-likeness (QED) is 0.464. The van der Waals surface area contributed by atoms with E-state index in [2.05, 4.69) is 11.0 Å². The molecule has 5 nitrogen and oxygen atoms in total. The molecule has 0 unspecified atom stereocenters. The first kappa shape index (κ1) is 18.7. The van der Waals surface area contributed by atoms with Crippen molar-refractivity contribution in [2.24, 2.45) is 0 Å². The summed E-state index contributed by atoms with van der Waals surface area (Å²) in [5.41, 5.74) is 3.14. The van der Waals surface area contributed by atoms with Crippen LogP contribution in [0.1, 0.15) is 11.1 Å². The van der Waals surface area contributed by atoms with E-state index < -0.39 is 4.92 Å². The molecule has 130 valence electrons. The van der Waals surface area contributed by atoms with Crippen molar-refractivity contribution < 1.29 is 9.34 Å². The van der Waals surface area contributed by atoms with Gasteiger partial charge in [0.1, 0.15) is 5.58 Å². The highest BCUT2D eigenvalue weighted by molar-refractivity contribution is 5.85. The van der Waals surface area contributed by atoms with Crippen LogP contribution in [0.2, 0.25) is 0 Å². The first-order chi connectivity index (χ1) is 11.6. The predicted molar refractivity (Wildman–Crippen MR) is 102 cm³/mol. The third kappa shape index (κ3) is 4.68. The van der Waals surface area contributed by atoms with E-state index >= 15 is 0 Å². The van der Waals surface area contributed by atoms with Crippen LogP contribution in [0.3, 0.4) is 0 Å². The second-order valence-electron chi connectivity index (χ2n) is 5.70. The Morgan fingerprint density at radius 1 is 1.16 bits per heavy atom. The van der Waals surface area contributed by atoms with Crippen LogP contribution in [-0.2, 0) is 6.54 Å². The van der Waals surface area contributed by atoms with Gasteiger partial charge in [0.25, 0.3) is 5.69 Å². The van der Waals surface area contributed by atoms with Gasteiger partial charge in [-0.25, -0.2) is 0 Å². The molecule has 0 aliphatic carbocycles. The van der Waals surface area contributed by atoms with Gasteiger partial charge in [-0.15, -0.1) is 12.4 Å². The number of nitrogens with zero attached hydrogens (tertiary/aromatic N) is 2. The number of furan rings is 1. The molecule has 0 N–H and O–H groups in total. The van der Waals surface area contributed by atoms with Gasteiger partial charge in [-0.05, 0) is 30.8 Å². The van der Waals surface area contributed by atoms with Crippen molar-refractivity contribution in [1.82, 2.24) is 4.90 Å². The average Bonchev–Trinajstić information content (AvgIpc) is 3.05. The number of halogens is 1. The molecule has 0 bridgehead atoms. The topological polar surface area (TPSA) is 59.5 Å². The van der Waals surface area contributed by atoms with E-state index in [4.69, 9.17) is 4.42 Å². The van der Waals surface area contributed by atoms with E-state index in [9.17, 15) is 10.1 Å². The van der Waals surface area contributed by atoms with Crippen molar-refractivity contribution in [3.8, 4) is 0 Å². The summed E-state index contributed by atoms with van der Waals surface area (Å²) in [6.45, 7) is 1.56. The lowest BCUT2D eigenvalue weighted by molar-refractivity contribution is -0.384. The Labute approximate surface area is 152 Å². The van der Waals surface area contributed by atoms with Crippen molar-refractivity contribution >= 4 is 35.1 Å². The fourth-order valence-electron chi connectivity index (χ4n) is 2.61. The number of hydrogen-bond acceptors (Lipinski definition) is 4. The molecule has 0 radical (unpaired) electrons. The van der Waals surface area contributed by atoms with Crippen molar-refractivity contribution in [3.05, 3.63) is 82.1 Å². The molecule has 0 saturated carbocycles. The maximum absolute atomic E-state index is 10.6. The molecule has 0 fully saturated rings. The second kappa shape index (κ2) is 8.46. The highest BCUT2D eigenvalue weighted by Gasteiger charge is 2.06. The first-order valence-corrected chi connectivity index (χ1v) is 7.68. The van der Waals surface area contributed by atoms with E-state index in [1.165, 1.54) is 12.1 Å². The molecular weight excluding hydrogens is 340 g/mol. The van der Waals surface area contributed by atoms with Crippen LogP contribution in [0.5, 0.6) is 0 Å². The zero-order valence-corrected chi connectivity index (χ0v) is 14.6. The molecule has 1 heterocycles. The molecule has 2 aromatic carbocycles. The molecule has 0 spiro atoms. The minimum Gasteiger partial charge on any atom is -0.464 e. The standard InChI is InChI=1S/C19H18N2O3.ClH/c1-20(14-17-6-2-5-16-11-13-24-19(16)17)12-3-4-15-7-9-18(10-8-15)21(22)23;/h2-11,13H,12,14H2,1H3;1H/b4-3+;. The summed E-state index contributed by atoms with van der Waals surface area (Å²) < 4.78 is 5.55. The van der Waals surface area contributed by atoms with Crippen molar-refractivity contribution in [2.75, 3.05) is 13.6 Å². The third-order valence-corrected chi connectivity index (χ3v) is 3.83. The van der Waals surface area contributed by atoms with Crippen LogP contribution in [0, 0.1) is 10.1 Å². The van der Waals surface area contributed by atoms with Crippen LogP contribution in [-0.4, -0.2) is 23.4 Å². The molecule has 1 aromatic heterocycles. The number of para-hydroxylation sites is 1. The predicted octanol–water partition coefficient (Wildman–Crippen LogP) is 4.91. The number of nitro benzene ring substituents is 1. The lowest BCUT2D eigenvalue weighted by atomic mass is 10.1. The van der Waals surface area contributed by atoms with Crippen molar-refractivity contribution in [3.63, 3.8) is 0 Å². The Bertz CT molecular complexity index is 872. The maximum Gasteiger partial charge on any atom is 0.269 e. The molecule has 25 heavy (non-hydrogen) atoms. The fraction of sp³-hybridized carbons (Fsp3) is 0.158. The summed E-state index contributed by atoms with van der Waals surface area (Å²) in [5.74, 6) is 0. The maximum atomic E-state index is 10.6. The van der Waals surface area contributed by atoms with Crippen LogP contribution < -0.4 is 0 Å². The number of nitro groups is 1. The van der Waals surface area contributed by atoms with E-state index in [0.717, 1.165) is 35.2 Å². The third-order valence-electron chi connectivity index (χ3n) is 3.83. The SMILES string of the molecule is CN(C/C=C/c1ccc([N+](=O)[O-])cc1)Cc1cccc2ccoc12.Cl. The van der Waals surface area contributed by atoms with Crippen molar-refractivity contribution in [1.29, 1.82) is 0 Å². The highest BCUT2D eigenvalue weighted by atomic mass is 35.5. The van der Waals surface area contributed by atoms with Gasteiger partial charge in [-0.1, -0.05) is 30.4 Å². The van der Waals surface area contributed by atoms with Crippen LogP contribution in [0.25, 0.3) is 17.0 Å². The zero-order chi connectivity index (χ0) is 16.9. The van der Waals surface area contributed by atoms with Crippen LogP contribution in [0.4, 0.5) is 5.69 Å². The average molecular weight is 359 g/mol. The zero-order valence-electron chi connectivity index (χ0n) is 13.8. The summed E-state index contributed by atoms with van der Waals surface area (Å²) >= 11 is 0. The van der Waals surface area contributed by atoms with Gasteiger partial charge in [-0.3, -0.25) is 15.0 Å². The lowest BCUT2D eigenvalue weighted by Gasteiger charge is -2.14. The van der Waals surface area contributed by atoms with Crippen molar-refractivity contribution in [2.45, 2.75) is 6.54 Å². The van der Waals surface area contributed by atoms with E-state index in [1.54, 1.807) is 18.4 Å². The summed E-state index contributed by atoms with van der Waals surface area (Å²) in [7, 11) is 2.04. The normalized spacial score (nSPS) is 11.1. The molecular formula is C19H19ClN2O3. The Morgan fingerprint density at radius 3 is 2.64 bits per heavy atom. The van der Waals surface area contributed by atoms with E-state index in [-0.39, 0.29) is 18.1 Å². The van der Waals surface area contributed by atoms with Gasteiger partial charge < -0.3 is 4.42 Å². The molecule has 0 aliphatic heterocycles. The Balaban J connectivity index is 0.00000225. The van der Waals surface area contributed by atoms with Gasteiger partial charge in [0.2, 0.25) is 0 Å². The molecule has 0 aliphatic rings. The lowest BCUT2D eigenvalue weighted by Crippen LogP contribution is -2.17. The van der Waals surface area contributed by atoms with E-state index in [0.29, 0.717) is 0 Å². The summed E-state index contributed by atoms with van der Waals surface area (Å²) in [6.07, 6.45) is 5.72. The molecule has 3 rings (SSSR count). The van der Waals surface area contributed by atoms with Gasteiger partial charge in [-0.2, -0.15) is 0 Å². The molecule has 0 atom stereocenters. The molecule has 3 aromatic rings. The Hall–Kier alpha value is -2.63. The molecule has 6 heteroatoms. The number of benzene rings is 2. The van der Waals surface area contributed by atoms with Crippen LogP contribution >= 0.6 is 12.4 Å². The molecule has 0 saturated heterocycles. The number of likely N-dealkylation sites (N-methyl/N-ethyl adjacent to an activating group) is 1. The number of non-ortho nitro benzene ring substituents is 1. The fourth-order valence-corrected chi connectivity index (χ4v) is 2.61. The van der Waals surface area contributed by atoms with Gasteiger partial charge in [0.05, 0.1) is 11.2 Å². The monoisotopic (exact) mass is 358 g/mol. The Kier molecular flexibility index (Phi) is 6.33. The first-order valence-electron chi connectivity index (χ1n) is 7.68. The van der Waals surface area contributed by atoms with Gasteiger partial charge in [0, 0.05) is 36.2 Å². The molecule has 0 amide bonds.